The molecule has 0 saturated heterocycles. The summed E-state index contributed by atoms with van der Waals surface area (Å²) in [6.07, 6.45) is 0. The molecule has 1 aliphatic heterocycles. The number of thiazole rings is 1. The molecule has 0 spiro atoms. The summed E-state index contributed by atoms with van der Waals surface area (Å²) >= 11 is 1.35. The Morgan fingerprint density at radius 1 is 1.07 bits per heavy atom. The van der Waals surface area contributed by atoms with Crippen LogP contribution >= 0.6 is 11.3 Å². The van der Waals surface area contributed by atoms with Gasteiger partial charge in [-0.3, -0.25) is 0 Å². The molecule has 0 atom stereocenters. The molecule has 0 fully saturated rings. The number of hydrazone groups is 1. The second-order valence-electron chi connectivity index (χ2n) is 5.83. The number of ether oxygens (including phenoxy) is 2. The van der Waals surface area contributed by atoms with Gasteiger partial charge in [-0.1, -0.05) is 48.5 Å². The van der Waals surface area contributed by atoms with E-state index in [0.29, 0.717) is 10.9 Å². The van der Waals surface area contributed by atoms with Crippen molar-refractivity contribution in [2.45, 2.75) is 6.92 Å². The maximum atomic E-state index is 12.6. The SMILES string of the molecule is CCOC(=O)/C(=C1/NN=C(c2ccccc2)O1)c1nc(-c2ccccc2)cs1. The zero-order chi connectivity index (χ0) is 19.3. The highest BCUT2D eigenvalue weighted by Gasteiger charge is 2.28. The Hall–Kier alpha value is -3.45. The van der Waals surface area contributed by atoms with Crippen molar-refractivity contribution in [3.05, 3.63) is 82.5 Å². The summed E-state index contributed by atoms with van der Waals surface area (Å²) in [4.78, 5) is 17.3. The minimum Gasteiger partial charge on any atom is -0.462 e. The van der Waals surface area contributed by atoms with Crippen LogP contribution < -0.4 is 5.43 Å². The van der Waals surface area contributed by atoms with Crippen LogP contribution in [-0.2, 0) is 14.3 Å². The normalized spacial score (nSPS) is 14.7. The fourth-order valence-electron chi connectivity index (χ4n) is 2.67. The first-order valence-electron chi connectivity index (χ1n) is 8.76. The summed E-state index contributed by atoms with van der Waals surface area (Å²) in [6.45, 7) is 2.01. The van der Waals surface area contributed by atoms with Gasteiger partial charge in [0.2, 0.25) is 11.8 Å². The topological polar surface area (TPSA) is 72.8 Å². The smallest absolute Gasteiger partial charge is 0.346 e. The van der Waals surface area contributed by atoms with Gasteiger partial charge in [0.1, 0.15) is 5.01 Å². The Kier molecular flexibility index (Phi) is 5.16. The Morgan fingerprint density at radius 3 is 2.43 bits per heavy atom. The average molecular weight is 391 g/mol. The summed E-state index contributed by atoms with van der Waals surface area (Å²) in [6, 6.07) is 19.2. The number of benzene rings is 2. The molecule has 0 amide bonds. The third-order valence-electron chi connectivity index (χ3n) is 3.97. The molecule has 0 aliphatic carbocycles. The van der Waals surface area contributed by atoms with Gasteiger partial charge in [-0.2, -0.15) is 0 Å². The number of esters is 1. The van der Waals surface area contributed by atoms with Crippen LogP contribution in [0, 0.1) is 0 Å². The molecule has 0 unspecified atom stereocenters. The minimum atomic E-state index is -0.511. The van der Waals surface area contributed by atoms with Crippen molar-refractivity contribution in [2.75, 3.05) is 6.61 Å². The molecule has 1 N–H and O–H groups in total. The lowest BCUT2D eigenvalue weighted by atomic mass is 10.2. The van der Waals surface area contributed by atoms with E-state index in [-0.39, 0.29) is 18.1 Å². The van der Waals surface area contributed by atoms with Crippen molar-refractivity contribution in [2.24, 2.45) is 5.10 Å². The van der Waals surface area contributed by atoms with Crippen molar-refractivity contribution in [1.29, 1.82) is 0 Å². The lowest BCUT2D eigenvalue weighted by molar-refractivity contribution is -0.136. The Labute approximate surface area is 166 Å². The third-order valence-corrected chi connectivity index (χ3v) is 4.83. The molecule has 7 heteroatoms. The quantitative estimate of drug-likeness (QED) is 0.525. The molecule has 140 valence electrons. The number of nitrogens with one attached hydrogen (secondary N) is 1. The van der Waals surface area contributed by atoms with E-state index in [0.717, 1.165) is 16.8 Å². The molecule has 28 heavy (non-hydrogen) atoms. The first-order valence-corrected chi connectivity index (χ1v) is 9.64. The van der Waals surface area contributed by atoms with Gasteiger partial charge in [-0.05, 0) is 19.1 Å². The Bertz CT molecular complexity index is 1040. The highest BCUT2D eigenvalue weighted by atomic mass is 32.1. The molecular formula is C21H17N3O3S. The molecule has 1 aromatic heterocycles. The fourth-order valence-corrected chi connectivity index (χ4v) is 3.52. The van der Waals surface area contributed by atoms with Crippen LogP contribution in [0.4, 0.5) is 0 Å². The second-order valence-corrected chi connectivity index (χ2v) is 6.68. The summed E-state index contributed by atoms with van der Waals surface area (Å²) < 4.78 is 11.1. The lowest BCUT2D eigenvalue weighted by Gasteiger charge is -2.08. The van der Waals surface area contributed by atoms with Crippen LogP contribution in [0.25, 0.3) is 16.8 Å². The fraction of sp³-hybridized carbons (Fsp3) is 0.0952. The molecular weight excluding hydrogens is 374 g/mol. The van der Waals surface area contributed by atoms with Gasteiger partial charge in [0.25, 0.3) is 0 Å². The second kappa shape index (κ2) is 8.06. The number of rotatable bonds is 5. The molecule has 2 heterocycles. The molecule has 3 aromatic rings. The molecule has 0 radical (unpaired) electrons. The summed E-state index contributed by atoms with van der Waals surface area (Å²) in [5.74, 6) is 0.0898. The van der Waals surface area contributed by atoms with Crippen molar-refractivity contribution in [1.82, 2.24) is 10.4 Å². The first kappa shape index (κ1) is 17.9. The zero-order valence-electron chi connectivity index (χ0n) is 15.1. The van der Waals surface area contributed by atoms with Crippen LogP contribution in [0.5, 0.6) is 0 Å². The predicted octanol–water partition coefficient (Wildman–Crippen LogP) is 4.02. The average Bonchev–Trinajstić information content (AvgIpc) is 3.41. The number of carbonyl (C=O) groups excluding carboxylic acids is 1. The van der Waals surface area contributed by atoms with Gasteiger partial charge < -0.3 is 9.47 Å². The molecule has 4 rings (SSSR count). The predicted molar refractivity (Wildman–Crippen MR) is 108 cm³/mol. The molecule has 0 bridgehead atoms. The number of hydrogen-bond donors (Lipinski definition) is 1. The van der Waals surface area contributed by atoms with Gasteiger partial charge >= 0.3 is 5.97 Å². The standard InChI is InChI=1S/C21H17N3O3S/c1-2-26-21(25)17(19-24-23-18(27-19)15-11-7-4-8-12-15)20-22-16(13-28-20)14-9-5-3-6-10-14/h3-13,24H,2H2,1H3/b19-17-. The Balaban J connectivity index is 1.69. The maximum Gasteiger partial charge on any atom is 0.346 e. The zero-order valence-corrected chi connectivity index (χ0v) is 15.9. The van der Waals surface area contributed by atoms with Crippen LogP contribution in [0.15, 0.2) is 77.0 Å². The third kappa shape index (κ3) is 3.65. The van der Waals surface area contributed by atoms with Crippen molar-refractivity contribution >= 4 is 28.8 Å². The molecule has 0 saturated carbocycles. The van der Waals surface area contributed by atoms with Crippen molar-refractivity contribution < 1.29 is 14.3 Å². The van der Waals surface area contributed by atoms with Gasteiger partial charge in [-0.15, -0.1) is 16.4 Å². The van der Waals surface area contributed by atoms with E-state index < -0.39 is 5.97 Å². The van der Waals surface area contributed by atoms with E-state index in [9.17, 15) is 4.79 Å². The van der Waals surface area contributed by atoms with E-state index in [4.69, 9.17) is 9.47 Å². The summed E-state index contributed by atoms with van der Waals surface area (Å²) in [5, 5.41) is 6.60. The number of aromatic nitrogens is 1. The van der Waals surface area contributed by atoms with Gasteiger partial charge in [0, 0.05) is 16.5 Å². The van der Waals surface area contributed by atoms with E-state index >= 15 is 0 Å². The van der Waals surface area contributed by atoms with Crippen LogP contribution in [0.3, 0.4) is 0 Å². The highest BCUT2D eigenvalue weighted by molar-refractivity contribution is 7.11. The van der Waals surface area contributed by atoms with E-state index in [1.165, 1.54) is 11.3 Å². The van der Waals surface area contributed by atoms with Crippen LogP contribution in [0.2, 0.25) is 0 Å². The van der Waals surface area contributed by atoms with Crippen molar-refractivity contribution in [3.63, 3.8) is 0 Å². The summed E-state index contributed by atoms with van der Waals surface area (Å²) in [5.41, 5.74) is 5.59. The van der Waals surface area contributed by atoms with Crippen LogP contribution in [-0.4, -0.2) is 23.5 Å². The largest absolute Gasteiger partial charge is 0.462 e. The van der Waals surface area contributed by atoms with Crippen molar-refractivity contribution in [3.8, 4) is 11.3 Å². The monoisotopic (exact) mass is 391 g/mol. The highest BCUT2D eigenvalue weighted by Crippen LogP contribution is 2.30. The van der Waals surface area contributed by atoms with Crippen LogP contribution in [0.1, 0.15) is 17.5 Å². The van der Waals surface area contributed by atoms with E-state index in [2.05, 4.69) is 15.5 Å². The number of carbonyl (C=O) groups is 1. The summed E-state index contributed by atoms with van der Waals surface area (Å²) in [7, 11) is 0. The Morgan fingerprint density at radius 2 is 1.75 bits per heavy atom. The lowest BCUT2D eigenvalue weighted by Crippen LogP contribution is -2.14. The van der Waals surface area contributed by atoms with Gasteiger partial charge in [0.05, 0.1) is 12.3 Å². The van der Waals surface area contributed by atoms with E-state index in [1.54, 1.807) is 6.92 Å². The number of hydrogen-bond acceptors (Lipinski definition) is 7. The van der Waals surface area contributed by atoms with Gasteiger partial charge in [-0.25, -0.2) is 15.2 Å². The maximum absolute atomic E-state index is 12.6. The van der Waals surface area contributed by atoms with E-state index in [1.807, 2.05) is 66.0 Å². The first-order chi connectivity index (χ1) is 13.8. The molecule has 2 aromatic carbocycles. The number of nitrogens with zero attached hydrogens (tertiary/aromatic N) is 2. The minimum absolute atomic E-state index is 0.214. The van der Waals surface area contributed by atoms with Gasteiger partial charge in [0.15, 0.2) is 5.57 Å². The molecule has 1 aliphatic rings. The molecule has 6 nitrogen and oxygen atoms in total.